The third kappa shape index (κ3) is 6.10. The van der Waals surface area contributed by atoms with E-state index in [2.05, 4.69) is 10.1 Å². The van der Waals surface area contributed by atoms with Crippen LogP contribution < -0.4 is 24.3 Å². The Bertz CT molecular complexity index is 828. The summed E-state index contributed by atoms with van der Waals surface area (Å²) in [6.07, 6.45) is 3.00. The molecule has 1 amide bonds. The normalized spacial score (nSPS) is 12.0. The highest BCUT2D eigenvalue weighted by Crippen LogP contribution is 2.38. The Labute approximate surface area is 168 Å². The van der Waals surface area contributed by atoms with Gasteiger partial charge in [0, 0.05) is 6.08 Å². The fourth-order valence-corrected chi connectivity index (χ4v) is 2.65. The number of rotatable bonds is 9. The van der Waals surface area contributed by atoms with Gasteiger partial charge in [-0.05, 0) is 48.4 Å². The van der Waals surface area contributed by atoms with Gasteiger partial charge in [0.15, 0.2) is 11.5 Å². The number of carbonyl (C=O) groups excluding carboxylic acids is 1. The number of halogens is 2. The number of ether oxygens (including phenoxy) is 4. The van der Waals surface area contributed by atoms with Crippen molar-refractivity contribution >= 4 is 12.0 Å². The first-order valence-electron chi connectivity index (χ1n) is 8.71. The SMILES string of the molecule is COc1cc(C=CC(=O)NC(C)c2ccc(OC(F)F)cc2)cc(OC)c1OC. The molecule has 0 saturated heterocycles. The third-order valence-corrected chi connectivity index (χ3v) is 4.08. The summed E-state index contributed by atoms with van der Waals surface area (Å²) in [6, 6.07) is 9.20. The van der Waals surface area contributed by atoms with Crippen molar-refractivity contribution in [2.75, 3.05) is 21.3 Å². The van der Waals surface area contributed by atoms with Crippen LogP contribution in [-0.2, 0) is 4.79 Å². The van der Waals surface area contributed by atoms with Gasteiger partial charge in [0.05, 0.1) is 27.4 Å². The number of benzene rings is 2. The molecule has 2 aromatic rings. The van der Waals surface area contributed by atoms with Gasteiger partial charge in [-0.3, -0.25) is 4.79 Å². The lowest BCUT2D eigenvalue weighted by Gasteiger charge is -2.14. The zero-order valence-corrected chi connectivity index (χ0v) is 16.6. The molecule has 0 fully saturated rings. The number of nitrogens with one attached hydrogen (secondary N) is 1. The molecule has 0 heterocycles. The van der Waals surface area contributed by atoms with E-state index in [-0.39, 0.29) is 17.7 Å². The molecule has 1 atom stereocenters. The standard InChI is InChI=1S/C21H23F2NO5/c1-13(15-6-8-16(9-7-15)29-21(22)23)24-19(25)10-5-14-11-17(26-2)20(28-4)18(12-14)27-3/h5-13,21H,1-4H3,(H,24,25). The second kappa shape index (κ2) is 10.3. The lowest BCUT2D eigenvalue weighted by atomic mass is 10.1. The Morgan fingerprint density at radius 1 is 1.00 bits per heavy atom. The molecular weight excluding hydrogens is 384 g/mol. The maximum atomic E-state index is 12.2. The smallest absolute Gasteiger partial charge is 0.387 e. The van der Waals surface area contributed by atoms with Crippen LogP contribution in [-0.4, -0.2) is 33.8 Å². The molecule has 156 valence electrons. The summed E-state index contributed by atoms with van der Waals surface area (Å²) in [4.78, 5) is 12.2. The molecule has 1 unspecified atom stereocenters. The average molecular weight is 407 g/mol. The molecular formula is C21H23F2NO5. The molecule has 2 aromatic carbocycles. The van der Waals surface area contributed by atoms with Crippen molar-refractivity contribution in [2.45, 2.75) is 19.6 Å². The van der Waals surface area contributed by atoms with Crippen LogP contribution >= 0.6 is 0 Å². The van der Waals surface area contributed by atoms with E-state index in [4.69, 9.17) is 14.2 Å². The summed E-state index contributed by atoms with van der Waals surface area (Å²) >= 11 is 0. The molecule has 8 heteroatoms. The number of carbonyl (C=O) groups is 1. The van der Waals surface area contributed by atoms with Gasteiger partial charge in [-0.15, -0.1) is 0 Å². The van der Waals surface area contributed by atoms with Gasteiger partial charge in [-0.25, -0.2) is 0 Å². The minimum absolute atomic E-state index is 0.0598. The molecule has 0 aromatic heterocycles. The van der Waals surface area contributed by atoms with Crippen LogP contribution in [0.5, 0.6) is 23.0 Å². The quantitative estimate of drug-likeness (QED) is 0.631. The van der Waals surface area contributed by atoms with Crippen molar-refractivity contribution in [3.63, 3.8) is 0 Å². The van der Waals surface area contributed by atoms with Gasteiger partial charge >= 0.3 is 6.61 Å². The first kappa shape index (κ1) is 22.0. The number of alkyl halides is 2. The molecule has 0 radical (unpaired) electrons. The minimum atomic E-state index is -2.88. The predicted octanol–water partition coefficient (Wildman–Crippen LogP) is 4.20. The molecule has 0 aliphatic rings. The zero-order valence-electron chi connectivity index (χ0n) is 16.6. The predicted molar refractivity (Wildman–Crippen MR) is 105 cm³/mol. The first-order chi connectivity index (χ1) is 13.9. The molecule has 6 nitrogen and oxygen atoms in total. The summed E-state index contributed by atoms with van der Waals surface area (Å²) < 4.78 is 44.6. The summed E-state index contributed by atoms with van der Waals surface area (Å²) in [5.74, 6) is 1.16. The minimum Gasteiger partial charge on any atom is -0.493 e. The summed E-state index contributed by atoms with van der Waals surface area (Å²) in [7, 11) is 4.53. The van der Waals surface area contributed by atoms with Crippen molar-refractivity contribution in [3.8, 4) is 23.0 Å². The van der Waals surface area contributed by atoms with Gasteiger partial charge in [-0.1, -0.05) is 12.1 Å². The Hall–Kier alpha value is -3.29. The highest BCUT2D eigenvalue weighted by atomic mass is 19.3. The van der Waals surface area contributed by atoms with E-state index in [1.54, 1.807) is 37.3 Å². The number of methoxy groups -OCH3 is 3. The topological polar surface area (TPSA) is 66.0 Å². The summed E-state index contributed by atoms with van der Waals surface area (Å²) in [5, 5.41) is 2.80. The molecule has 1 N–H and O–H groups in total. The first-order valence-corrected chi connectivity index (χ1v) is 8.71. The molecule has 2 rings (SSSR count). The second-order valence-electron chi connectivity index (χ2n) is 5.97. The van der Waals surface area contributed by atoms with E-state index in [1.165, 1.54) is 39.5 Å². The van der Waals surface area contributed by atoms with E-state index in [0.717, 1.165) is 5.56 Å². The van der Waals surface area contributed by atoms with Crippen LogP contribution in [0.4, 0.5) is 8.78 Å². The number of hydrogen-bond acceptors (Lipinski definition) is 5. The second-order valence-corrected chi connectivity index (χ2v) is 5.97. The zero-order chi connectivity index (χ0) is 21.4. The van der Waals surface area contributed by atoms with Crippen LogP contribution in [0.1, 0.15) is 24.1 Å². The lowest BCUT2D eigenvalue weighted by Crippen LogP contribution is -2.24. The van der Waals surface area contributed by atoms with Crippen molar-refractivity contribution in [1.29, 1.82) is 0 Å². The molecule has 0 aliphatic carbocycles. The van der Waals surface area contributed by atoms with Crippen LogP contribution in [0.3, 0.4) is 0 Å². The number of hydrogen-bond donors (Lipinski definition) is 1. The van der Waals surface area contributed by atoms with Gasteiger partial charge in [-0.2, -0.15) is 8.78 Å². The van der Waals surface area contributed by atoms with E-state index in [0.29, 0.717) is 22.8 Å². The van der Waals surface area contributed by atoms with Gasteiger partial charge < -0.3 is 24.3 Å². The third-order valence-electron chi connectivity index (χ3n) is 4.08. The van der Waals surface area contributed by atoms with E-state index >= 15 is 0 Å². The fourth-order valence-electron chi connectivity index (χ4n) is 2.65. The Morgan fingerprint density at radius 3 is 2.07 bits per heavy atom. The Balaban J connectivity index is 2.05. The highest BCUT2D eigenvalue weighted by molar-refractivity contribution is 5.92. The summed E-state index contributed by atoms with van der Waals surface area (Å²) in [5.41, 5.74) is 1.44. The van der Waals surface area contributed by atoms with Crippen LogP contribution in [0.15, 0.2) is 42.5 Å². The van der Waals surface area contributed by atoms with Gasteiger partial charge in [0.2, 0.25) is 11.7 Å². The largest absolute Gasteiger partial charge is 0.493 e. The van der Waals surface area contributed by atoms with Gasteiger partial charge in [0.1, 0.15) is 5.75 Å². The fraction of sp³-hybridized carbons (Fsp3) is 0.286. The highest BCUT2D eigenvalue weighted by Gasteiger charge is 2.13. The Kier molecular flexibility index (Phi) is 7.82. The molecule has 0 saturated carbocycles. The average Bonchev–Trinajstić information content (AvgIpc) is 2.71. The molecule has 29 heavy (non-hydrogen) atoms. The molecule has 0 bridgehead atoms. The number of amides is 1. The van der Waals surface area contributed by atoms with Crippen molar-refractivity contribution in [2.24, 2.45) is 0 Å². The van der Waals surface area contributed by atoms with Crippen molar-refractivity contribution in [3.05, 3.63) is 53.6 Å². The molecule has 0 spiro atoms. The maximum Gasteiger partial charge on any atom is 0.387 e. The maximum absolute atomic E-state index is 12.2. The van der Waals surface area contributed by atoms with Crippen LogP contribution in [0.25, 0.3) is 6.08 Å². The van der Waals surface area contributed by atoms with Crippen molar-refractivity contribution in [1.82, 2.24) is 5.32 Å². The van der Waals surface area contributed by atoms with E-state index < -0.39 is 6.61 Å². The monoisotopic (exact) mass is 407 g/mol. The van der Waals surface area contributed by atoms with E-state index in [9.17, 15) is 13.6 Å². The van der Waals surface area contributed by atoms with Gasteiger partial charge in [0.25, 0.3) is 0 Å². The Morgan fingerprint density at radius 2 is 1.59 bits per heavy atom. The van der Waals surface area contributed by atoms with Crippen LogP contribution in [0, 0.1) is 0 Å². The van der Waals surface area contributed by atoms with Crippen molar-refractivity contribution < 1.29 is 32.5 Å². The van der Waals surface area contributed by atoms with Crippen LogP contribution in [0.2, 0.25) is 0 Å². The lowest BCUT2D eigenvalue weighted by molar-refractivity contribution is -0.117. The van der Waals surface area contributed by atoms with E-state index in [1.807, 2.05) is 0 Å². The summed E-state index contributed by atoms with van der Waals surface area (Å²) in [6.45, 7) is -1.09. The molecule has 0 aliphatic heterocycles.